The van der Waals surface area contributed by atoms with E-state index in [0.717, 1.165) is 10.8 Å². The fraction of sp³-hybridized carbons (Fsp3) is 0.448. The monoisotopic (exact) mass is 619 g/mol. The van der Waals surface area contributed by atoms with E-state index in [1.165, 1.54) is 16.4 Å². The molecule has 0 saturated carbocycles. The number of nitrogens with zero attached hydrogens (tertiary/aromatic N) is 1. The van der Waals surface area contributed by atoms with E-state index < -0.39 is 31.8 Å². The number of piperidine rings is 1. The van der Waals surface area contributed by atoms with Gasteiger partial charge in [-0.1, -0.05) is 36.4 Å². The molecule has 2 atom stereocenters. The van der Waals surface area contributed by atoms with E-state index >= 15 is 0 Å². The first-order valence-corrected chi connectivity index (χ1v) is 16.9. The molecule has 4 N–H and O–H groups in total. The highest BCUT2D eigenvalue weighted by Gasteiger charge is 2.44. The standard InChI is InChI=1S/C29H37N3O8S2/c33-15-12-31-41(35,36)27-7-3-6-26(17-27)39-21-25(34)19-30-24-18-29(40-20-24)10-13-32(14-11-29)42(37,38)28-9-8-22-4-1-2-5-23(22)16-28/h1-9,16-17,24-25,30-31,33-34H,10-15,18-21H2. The molecule has 0 aromatic heterocycles. The molecule has 1 spiro atoms. The Morgan fingerprint density at radius 3 is 2.50 bits per heavy atom. The Bertz CT molecular complexity index is 1590. The van der Waals surface area contributed by atoms with Crippen molar-refractivity contribution >= 4 is 30.8 Å². The van der Waals surface area contributed by atoms with Crippen molar-refractivity contribution in [2.24, 2.45) is 0 Å². The molecule has 0 amide bonds. The molecule has 2 unspecified atom stereocenters. The number of aliphatic hydroxyl groups is 2. The van der Waals surface area contributed by atoms with Crippen molar-refractivity contribution in [2.45, 2.75) is 46.8 Å². The Morgan fingerprint density at radius 2 is 1.74 bits per heavy atom. The Balaban J connectivity index is 1.08. The highest BCUT2D eigenvalue weighted by atomic mass is 32.2. The SMILES string of the molecule is O=S(=O)(NCCO)c1cccc(OCC(O)CNC2COC3(CCN(S(=O)(=O)c4ccc5ccccc5c4)CC3)C2)c1. The predicted molar refractivity (Wildman–Crippen MR) is 157 cm³/mol. The topological polar surface area (TPSA) is 154 Å². The van der Waals surface area contributed by atoms with Gasteiger partial charge in [0.05, 0.1) is 28.6 Å². The van der Waals surface area contributed by atoms with Crippen LogP contribution >= 0.6 is 0 Å². The molecule has 0 aliphatic carbocycles. The second kappa shape index (κ2) is 12.9. The van der Waals surface area contributed by atoms with Crippen molar-refractivity contribution in [3.05, 3.63) is 66.7 Å². The summed E-state index contributed by atoms with van der Waals surface area (Å²) >= 11 is 0. The van der Waals surface area contributed by atoms with Crippen molar-refractivity contribution < 1.29 is 36.5 Å². The van der Waals surface area contributed by atoms with Crippen LogP contribution in [0, 0.1) is 0 Å². The smallest absolute Gasteiger partial charge is 0.243 e. The van der Waals surface area contributed by atoms with Gasteiger partial charge < -0.3 is 25.0 Å². The molecule has 3 aromatic rings. The molecule has 0 radical (unpaired) electrons. The molecule has 2 saturated heterocycles. The summed E-state index contributed by atoms with van der Waals surface area (Å²) in [4.78, 5) is 0.303. The van der Waals surface area contributed by atoms with E-state index in [1.54, 1.807) is 24.3 Å². The summed E-state index contributed by atoms with van der Waals surface area (Å²) in [5, 5.41) is 24.5. The Kier molecular flexibility index (Phi) is 9.50. The zero-order valence-corrected chi connectivity index (χ0v) is 24.8. The molecule has 2 aliphatic heterocycles. The van der Waals surface area contributed by atoms with Gasteiger partial charge in [-0.25, -0.2) is 21.6 Å². The summed E-state index contributed by atoms with van der Waals surface area (Å²) in [6.45, 7) is 1.03. The Labute approximate surface area is 246 Å². The van der Waals surface area contributed by atoms with Crippen LogP contribution in [-0.4, -0.2) is 95.1 Å². The van der Waals surface area contributed by atoms with Crippen LogP contribution in [0.3, 0.4) is 0 Å². The maximum absolute atomic E-state index is 13.3. The molecule has 0 bridgehead atoms. The molecule has 2 fully saturated rings. The van der Waals surface area contributed by atoms with Crippen LogP contribution < -0.4 is 14.8 Å². The predicted octanol–water partition coefficient (Wildman–Crippen LogP) is 1.45. The van der Waals surface area contributed by atoms with Gasteiger partial charge in [0.2, 0.25) is 20.0 Å². The minimum absolute atomic E-state index is 0.00516. The van der Waals surface area contributed by atoms with Crippen LogP contribution in [0.15, 0.2) is 76.5 Å². The number of nitrogens with one attached hydrogen (secondary N) is 2. The number of hydrogen-bond acceptors (Lipinski definition) is 9. The molecule has 5 rings (SSSR count). The molecular formula is C29H37N3O8S2. The van der Waals surface area contributed by atoms with Gasteiger partial charge >= 0.3 is 0 Å². The summed E-state index contributed by atoms with van der Waals surface area (Å²) in [6.07, 6.45) is 1.06. The van der Waals surface area contributed by atoms with Crippen LogP contribution in [-0.2, 0) is 24.8 Å². The van der Waals surface area contributed by atoms with Gasteiger partial charge in [-0.15, -0.1) is 0 Å². The fourth-order valence-electron chi connectivity index (χ4n) is 5.48. The largest absolute Gasteiger partial charge is 0.491 e. The van der Waals surface area contributed by atoms with Crippen molar-refractivity contribution in [3.8, 4) is 5.75 Å². The summed E-state index contributed by atoms with van der Waals surface area (Å²) in [5.41, 5.74) is -0.398. The molecule has 11 nitrogen and oxygen atoms in total. The van der Waals surface area contributed by atoms with Gasteiger partial charge in [-0.05, 0) is 54.3 Å². The average Bonchev–Trinajstić information content (AvgIpc) is 3.40. The third kappa shape index (κ3) is 7.12. The van der Waals surface area contributed by atoms with E-state index in [-0.39, 0.29) is 37.2 Å². The minimum Gasteiger partial charge on any atom is -0.491 e. The molecule has 3 aromatic carbocycles. The second-order valence-electron chi connectivity index (χ2n) is 10.8. The molecule has 2 aliphatic rings. The quantitative estimate of drug-likeness (QED) is 0.236. The summed E-state index contributed by atoms with van der Waals surface area (Å²) in [6, 6.07) is 18.9. The van der Waals surface area contributed by atoms with Crippen LogP contribution in [0.25, 0.3) is 10.8 Å². The normalized spacial score (nSPS) is 20.2. The van der Waals surface area contributed by atoms with E-state index in [4.69, 9.17) is 14.6 Å². The molecule has 228 valence electrons. The number of sulfonamides is 2. The van der Waals surface area contributed by atoms with E-state index in [2.05, 4.69) is 10.0 Å². The maximum Gasteiger partial charge on any atom is 0.243 e. The number of benzene rings is 3. The second-order valence-corrected chi connectivity index (χ2v) is 14.5. The summed E-state index contributed by atoms with van der Waals surface area (Å²) in [5.74, 6) is 0.300. The number of ether oxygens (including phenoxy) is 2. The van der Waals surface area contributed by atoms with Gasteiger partial charge in [0.15, 0.2) is 0 Å². The lowest BCUT2D eigenvalue weighted by Crippen LogP contribution is -2.47. The molecule has 42 heavy (non-hydrogen) atoms. The average molecular weight is 620 g/mol. The highest BCUT2D eigenvalue weighted by molar-refractivity contribution is 7.89. The summed E-state index contributed by atoms with van der Waals surface area (Å²) in [7, 11) is -7.38. The van der Waals surface area contributed by atoms with Gasteiger partial charge in [-0.2, -0.15) is 4.31 Å². The molecule has 2 heterocycles. The zero-order valence-electron chi connectivity index (χ0n) is 23.2. The first kappa shape index (κ1) is 30.8. The lowest BCUT2D eigenvalue weighted by Gasteiger charge is -2.38. The first-order valence-electron chi connectivity index (χ1n) is 14.0. The van der Waals surface area contributed by atoms with E-state index in [9.17, 15) is 21.9 Å². The van der Waals surface area contributed by atoms with Crippen LogP contribution in [0.5, 0.6) is 5.75 Å². The highest BCUT2D eigenvalue weighted by Crippen LogP contribution is 2.37. The first-order chi connectivity index (χ1) is 20.1. The minimum atomic E-state index is -3.77. The third-order valence-corrected chi connectivity index (χ3v) is 11.2. The van der Waals surface area contributed by atoms with Crippen molar-refractivity contribution in [2.75, 3.05) is 46.0 Å². The fourth-order valence-corrected chi connectivity index (χ4v) is 8.02. The van der Waals surface area contributed by atoms with Crippen molar-refractivity contribution in [3.63, 3.8) is 0 Å². The molecule has 13 heteroatoms. The van der Waals surface area contributed by atoms with Crippen LogP contribution in [0.4, 0.5) is 0 Å². The van der Waals surface area contributed by atoms with Gasteiger partial charge in [0.1, 0.15) is 18.5 Å². The maximum atomic E-state index is 13.3. The number of aliphatic hydroxyl groups excluding tert-OH is 2. The van der Waals surface area contributed by atoms with E-state index in [1.807, 2.05) is 30.3 Å². The third-order valence-electron chi connectivity index (χ3n) is 7.81. The van der Waals surface area contributed by atoms with Crippen LogP contribution in [0.2, 0.25) is 0 Å². The van der Waals surface area contributed by atoms with Crippen molar-refractivity contribution in [1.29, 1.82) is 0 Å². The number of fused-ring (bicyclic) bond motifs is 1. The molecular weight excluding hydrogens is 582 g/mol. The van der Waals surface area contributed by atoms with Gasteiger partial charge in [-0.3, -0.25) is 0 Å². The van der Waals surface area contributed by atoms with Gasteiger partial charge in [0.25, 0.3) is 0 Å². The zero-order chi connectivity index (χ0) is 29.8. The van der Waals surface area contributed by atoms with E-state index in [0.29, 0.717) is 49.6 Å². The van der Waals surface area contributed by atoms with Crippen molar-refractivity contribution in [1.82, 2.24) is 14.3 Å². The lowest BCUT2D eigenvalue weighted by atomic mass is 9.88. The Hall–Kier alpha value is -2.62. The summed E-state index contributed by atoms with van der Waals surface area (Å²) < 4.78 is 66.8. The van der Waals surface area contributed by atoms with Crippen LogP contribution in [0.1, 0.15) is 19.3 Å². The van der Waals surface area contributed by atoms with Gasteiger partial charge in [0, 0.05) is 38.3 Å². The number of rotatable bonds is 12. The number of hydrogen-bond donors (Lipinski definition) is 4. The lowest BCUT2D eigenvalue weighted by molar-refractivity contribution is -0.0312. The Morgan fingerprint density at radius 1 is 0.976 bits per heavy atom.